The van der Waals surface area contributed by atoms with E-state index in [4.69, 9.17) is 19.0 Å². The number of carbonyl (C=O) groups excluding carboxylic acids is 4. The highest BCUT2D eigenvalue weighted by Gasteiger charge is 2.54. The predicted octanol–water partition coefficient (Wildman–Crippen LogP) is 0.749. The minimum atomic E-state index is -1.58. The van der Waals surface area contributed by atoms with Crippen molar-refractivity contribution in [1.29, 1.82) is 0 Å². The molecule has 0 bridgehead atoms. The molecule has 0 saturated carbocycles. The first kappa shape index (κ1) is 34.3. The topological polar surface area (TPSA) is 259 Å². The van der Waals surface area contributed by atoms with E-state index in [1.54, 1.807) is 0 Å². The van der Waals surface area contributed by atoms with E-state index in [1.807, 2.05) is 0 Å². The molecule has 49 heavy (non-hydrogen) atoms. The van der Waals surface area contributed by atoms with Gasteiger partial charge in [-0.2, -0.15) is 0 Å². The smallest absolute Gasteiger partial charge is 0.352 e. The van der Waals surface area contributed by atoms with Gasteiger partial charge in [0, 0.05) is 24.3 Å². The number of hydrogen-bond acceptors (Lipinski definition) is 13. The number of carbonyl (C=O) groups is 6. The van der Waals surface area contributed by atoms with Crippen LogP contribution in [0.4, 0.5) is 0 Å². The fraction of sp³-hybridized carbons (Fsp3) is 0.258. The van der Waals surface area contributed by atoms with Gasteiger partial charge in [0.25, 0.3) is 11.8 Å². The zero-order valence-electron chi connectivity index (χ0n) is 25.5. The fourth-order valence-electron chi connectivity index (χ4n) is 5.22. The molecule has 17 nitrogen and oxygen atoms in total. The SMILES string of the molecule is CC(=O)OCC1=C(C(=O)O)N2C(=O)[C@H](NC(=O)C(NC(=O)c3c(C)oc4cc(O)c(O)cc4c3=O)c3ccc(OCC(=O)O)cc3)[C@@H]2SC1. The highest BCUT2D eigenvalue weighted by molar-refractivity contribution is 8.00. The largest absolute Gasteiger partial charge is 0.504 e. The van der Waals surface area contributed by atoms with E-state index in [2.05, 4.69) is 10.6 Å². The summed E-state index contributed by atoms with van der Waals surface area (Å²) >= 11 is 1.12. The maximum atomic E-state index is 13.8. The molecule has 18 heteroatoms. The molecule has 0 aliphatic carbocycles. The summed E-state index contributed by atoms with van der Waals surface area (Å²) in [6.07, 6.45) is 0. The number of thioether (sulfide) groups is 1. The monoisotopic (exact) mass is 697 g/mol. The molecule has 3 amide bonds. The van der Waals surface area contributed by atoms with E-state index in [0.717, 1.165) is 35.7 Å². The molecule has 3 heterocycles. The molecule has 256 valence electrons. The molecule has 2 aliphatic rings. The number of hydrogen-bond donors (Lipinski definition) is 6. The molecule has 1 fully saturated rings. The predicted molar refractivity (Wildman–Crippen MR) is 167 cm³/mol. The lowest BCUT2D eigenvalue weighted by Crippen LogP contribution is -2.71. The Hall–Kier alpha value is -6.04. The van der Waals surface area contributed by atoms with Gasteiger partial charge in [0.1, 0.15) is 52.4 Å². The summed E-state index contributed by atoms with van der Waals surface area (Å²) in [5, 5.41) is 42.3. The van der Waals surface area contributed by atoms with Gasteiger partial charge in [-0.25, -0.2) is 9.59 Å². The minimum absolute atomic E-state index is 0.0675. The first-order valence-electron chi connectivity index (χ1n) is 14.3. The van der Waals surface area contributed by atoms with Crippen LogP contribution in [0.1, 0.15) is 34.6 Å². The molecule has 1 unspecified atom stereocenters. The van der Waals surface area contributed by atoms with Crippen LogP contribution in [-0.4, -0.2) is 91.3 Å². The van der Waals surface area contributed by atoms with Gasteiger partial charge in [0.15, 0.2) is 18.1 Å². The summed E-state index contributed by atoms with van der Waals surface area (Å²) in [5.74, 6) is -7.30. The lowest BCUT2D eigenvalue weighted by Gasteiger charge is -2.49. The first-order chi connectivity index (χ1) is 23.2. The molecule has 2 aromatic carbocycles. The minimum Gasteiger partial charge on any atom is -0.504 e. The Morgan fingerprint density at radius 2 is 1.73 bits per heavy atom. The van der Waals surface area contributed by atoms with Crippen LogP contribution in [0.2, 0.25) is 0 Å². The van der Waals surface area contributed by atoms with Gasteiger partial charge in [-0.1, -0.05) is 12.1 Å². The number of amides is 3. The maximum absolute atomic E-state index is 13.8. The molecule has 2 aliphatic heterocycles. The van der Waals surface area contributed by atoms with Crippen LogP contribution in [0, 0.1) is 6.92 Å². The number of benzene rings is 2. The number of fused-ring (bicyclic) bond motifs is 2. The number of nitrogens with one attached hydrogen (secondary N) is 2. The van der Waals surface area contributed by atoms with Gasteiger partial charge >= 0.3 is 17.9 Å². The zero-order chi connectivity index (χ0) is 35.7. The van der Waals surface area contributed by atoms with Crippen molar-refractivity contribution in [2.45, 2.75) is 31.3 Å². The first-order valence-corrected chi connectivity index (χ1v) is 15.3. The summed E-state index contributed by atoms with van der Waals surface area (Å²) in [6, 6.07) is 4.45. The highest BCUT2D eigenvalue weighted by atomic mass is 32.2. The number of aromatic hydroxyl groups is 2. The summed E-state index contributed by atoms with van der Waals surface area (Å²) in [4.78, 5) is 89.2. The number of aryl methyl sites for hydroxylation is 1. The van der Waals surface area contributed by atoms with E-state index in [-0.39, 0.29) is 51.7 Å². The number of phenols is 2. The fourth-order valence-corrected chi connectivity index (χ4v) is 6.55. The molecule has 5 rings (SSSR count). The van der Waals surface area contributed by atoms with Gasteiger partial charge in [-0.15, -0.1) is 11.8 Å². The van der Waals surface area contributed by atoms with E-state index >= 15 is 0 Å². The van der Waals surface area contributed by atoms with Crippen molar-refractivity contribution in [2.75, 3.05) is 19.0 Å². The quantitative estimate of drug-likeness (QED) is 0.0918. The molecule has 1 aromatic heterocycles. The molecule has 1 saturated heterocycles. The van der Waals surface area contributed by atoms with Crippen molar-refractivity contribution < 1.29 is 63.1 Å². The number of phenolic OH excluding ortho intramolecular Hbond substituents is 2. The molecule has 3 atom stereocenters. The van der Waals surface area contributed by atoms with Crippen LogP contribution in [0.25, 0.3) is 11.0 Å². The second kappa shape index (κ2) is 13.6. The van der Waals surface area contributed by atoms with E-state index in [0.29, 0.717) is 0 Å². The average Bonchev–Trinajstić information content (AvgIpc) is 3.04. The number of nitrogens with zero attached hydrogens (tertiary/aromatic N) is 1. The van der Waals surface area contributed by atoms with Crippen LogP contribution in [-0.2, 0) is 28.7 Å². The number of carboxylic acids is 2. The normalized spacial score (nSPS) is 17.4. The molecule has 0 radical (unpaired) electrons. The summed E-state index contributed by atoms with van der Waals surface area (Å²) in [7, 11) is 0. The molecule has 0 spiro atoms. The standard InChI is InChI=1S/C31H27N3O14S/c1-12-22(26(40)17-7-18(36)19(37)8-20(17)48-12)27(41)32-23(14-3-5-16(6-4-14)47-10-21(38)39)28(42)33-24-29(43)34-25(31(44)45)15(9-46-13(2)35)11-49-30(24)34/h3-8,23-24,30,36-37H,9-11H2,1-2H3,(H,32,41)(H,33,42)(H,38,39)(H,44,45)/t23?,24-,30-/m0/s1. The number of β-lactam (4-membered cyclic amide) rings is 1. The van der Waals surface area contributed by atoms with Gasteiger partial charge in [0.05, 0.1) is 5.39 Å². The summed E-state index contributed by atoms with van der Waals surface area (Å²) < 4.78 is 15.6. The van der Waals surface area contributed by atoms with E-state index < -0.39 is 82.2 Å². The van der Waals surface area contributed by atoms with E-state index in [1.165, 1.54) is 31.2 Å². The Kier molecular flexibility index (Phi) is 9.52. The van der Waals surface area contributed by atoms with Gasteiger partial charge < -0.3 is 45.0 Å². The Morgan fingerprint density at radius 1 is 1.06 bits per heavy atom. The summed E-state index contributed by atoms with van der Waals surface area (Å²) in [5.41, 5.74) is -1.60. The Labute approximate surface area is 279 Å². The molecule has 6 N–H and O–H groups in total. The number of ether oxygens (including phenoxy) is 2. The van der Waals surface area contributed by atoms with Crippen LogP contribution in [0.3, 0.4) is 0 Å². The second-order valence-electron chi connectivity index (χ2n) is 10.8. The van der Waals surface area contributed by atoms with E-state index in [9.17, 15) is 48.9 Å². The molecular formula is C31H27N3O14S. The van der Waals surface area contributed by atoms with Crippen LogP contribution < -0.4 is 20.8 Å². The van der Waals surface area contributed by atoms with Crippen molar-refractivity contribution in [2.24, 2.45) is 0 Å². The van der Waals surface area contributed by atoms with Crippen molar-refractivity contribution in [3.63, 3.8) is 0 Å². The number of carboxylic acid groups (broad SMARTS) is 2. The highest BCUT2D eigenvalue weighted by Crippen LogP contribution is 2.40. The van der Waals surface area contributed by atoms with Crippen molar-refractivity contribution >= 4 is 58.4 Å². The van der Waals surface area contributed by atoms with Crippen molar-refractivity contribution in [1.82, 2.24) is 15.5 Å². The van der Waals surface area contributed by atoms with Gasteiger partial charge in [-0.05, 0) is 30.7 Å². The third-order valence-electron chi connectivity index (χ3n) is 7.50. The lowest BCUT2D eigenvalue weighted by atomic mass is 10.0. The average molecular weight is 698 g/mol. The second-order valence-corrected chi connectivity index (χ2v) is 11.9. The van der Waals surface area contributed by atoms with Crippen LogP contribution >= 0.6 is 11.8 Å². The third kappa shape index (κ3) is 6.84. The summed E-state index contributed by atoms with van der Waals surface area (Å²) in [6.45, 7) is 1.45. The molecular weight excluding hydrogens is 670 g/mol. The van der Waals surface area contributed by atoms with Crippen LogP contribution in [0.15, 0.2) is 56.9 Å². The molecule has 3 aromatic rings. The Morgan fingerprint density at radius 3 is 2.37 bits per heavy atom. The third-order valence-corrected chi connectivity index (χ3v) is 8.84. The zero-order valence-corrected chi connectivity index (χ0v) is 26.4. The van der Waals surface area contributed by atoms with Gasteiger partial charge in [-0.3, -0.25) is 28.9 Å². The Bertz CT molecular complexity index is 2000. The number of rotatable bonds is 11. The van der Waals surface area contributed by atoms with Crippen LogP contribution in [0.5, 0.6) is 17.2 Å². The lowest BCUT2D eigenvalue weighted by molar-refractivity contribution is -0.151. The van der Waals surface area contributed by atoms with Gasteiger partial charge in [0.2, 0.25) is 11.3 Å². The Balaban J connectivity index is 1.44. The number of esters is 1. The number of aliphatic carboxylic acids is 2. The maximum Gasteiger partial charge on any atom is 0.352 e. The van der Waals surface area contributed by atoms with Crippen molar-refractivity contribution in [3.8, 4) is 17.2 Å². The van der Waals surface area contributed by atoms with Crippen molar-refractivity contribution in [3.05, 3.63) is 74.8 Å².